The topological polar surface area (TPSA) is 123 Å². The number of primary amides is 1. The largest absolute Gasteiger partial charge is 0.379 e. The maximum Gasteiger partial charge on any atom is 0.379 e. The number of hydrogen-bond donors (Lipinski definition) is 2. The van der Waals surface area contributed by atoms with E-state index in [1.807, 2.05) is 0 Å². The van der Waals surface area contributed by atoms with Crippen LogP contribution in [-0.4, -0.2) is 33.7 Å². The van der Waals surface area contributed by atoms with Crippen molar-refractivity contribution in [2.24, 2.45) is 5.73 Å². The molecule has 0 saturated carbocycles. The zero-order chi connectivity index (χ0) is 15.9. The summed E-state index contributed by atoms with van der Waals surface area (Å²) >= 11 is 0. The number of fused-ring (bicyclic) bond motifs is 1. The molecule has 0 radical (unpaired) electrons. The molecule has 0 fully saturated rings. The molecule has 1 aromatic heterocycles. The normalized spacial score (nSPS) is 13.2. The van der Waals surface area contributed by atoms with Crippen LogP contribution in [-0.2, 0) is 4.84 Å². The number of hydroxylamine groups is 2. The Balaban J connectivity index is 1.82. The van der Waals surface area contributed by atoms with Gasteiger partial charge in [0.15, 0.2) is 0 Å². The van der Waals surface area contributed by atoms with Gasteiger partial charge in [-0.2, -0.15) is 0 Å². The Morgan fingerprint density at radius 3 is 2.18 bits per heavy atom. The number of H-pyrrole nitrogens is 1. The molecule has 8 heteroatoms. The van der Waals surface area contributed by atoms with Crippen molar-refractivity contribution in [2.45, 2.75) is 0 Å². The lowest BCUT2D eigenvalue weighted by atomic mass is 10.1. The van der Waals surface area contributed by atoms with E-state index in [-0.39, 0.29) is 22.4 Å². The molecule has 1 aliphatic rings. The number of imide groups is 1. The number of rotatable bonds is 3. The van der Waals surface area contributed by atoms with Crippen LogP contribution in [0.4, 0.5) is 0 Å². The van der Waals surface area contributed by atoms with Crippen molar-refractivity contribution in [3.05, 3.63) is 58.9 Å². The van der Waals surface area contributed by atoms with Crippen LogP contribution in [0.15, 0.2) is 36.5 Å². The van der Waals surface area contributed by atoms with Gasteiger partial charge in [0.25, 0.3) is 11.8 Å². The van der Waals surface area contributed by atoms with Gasteiger partial charge >= 0.3 is 5.97 Å². The molecule has 0 saturated heterocycles. The Kier molecular flexibility index (Phi) is 2.99. The highest BCUT2D eigenvalue weighted by Crippen LogP contribution is 2.23. The third-order valence-corrected chi connectivity index (χ3v) is 3.12. The minimum Gasteiger partial charge on any atom is -0.366 e. The summed E-state index contributed by atoms with van der Waals surface area (Å²) in [6, 6.07) is 7.29. The molecule has 1 aliphatic heterocycles. The van der Waals surface area contributed by atoms with E-state index in [9.17, 15) is 19.2 Å². The van der Waals surface area contributed by atoms with E-state index in [1.165, 1.54) is 24.4 Å². The van der Waals surface area contributed by atoms with Gasteiger partial charge in [-0.15, -0.1) is 0 Å². The SMILES string of the molecule is NC(=O)c1c[nH]c(C(=O)ON2C(=O)c3ccccc3C2=O)c1. The van der Waals surface area contributed by atoms with Crippen LogP contribution in [0, 0.1) is 0 Å². The first-order chi connectivity index (χ1) is 10.5. The van der Waals surface area contributed by atoms with Gasteiger partial charge in [0.2, 0.25) is 5.91 Å². The number of amides is 3. The van der Waals surface area contributed by atoms with E-state index in [1.54, 1.807) is 12.1 Å². The average Bonchev–Trinajstić information content (AvgIpc) is 3.08. The van der Waals surface area contributed by atoms with E-state index < -0.39 is 23.7 Å². The third kappa shape index (κ3) is 2.03. The zero-order valence-electron chi connectivity index (χ0n) is 11.0. The van der Waals surface area contributed by atoms with Gasteiger partial charge in [-0.05, 0) is 18.2 Å². The highest BCUT2D eigenvalue weighted by molar-refractivity contribution is 6.21. The number of aromatic amines is 1. The first kappa shape index (κ1) is 13.6. The van der Waals surface area contributed by atoms with E-state index in [0.29, 0.717) is 5.06 Å². The molecular formula is C14H9N3O5. The second kappa shape index (κ2) is 4.85. The molecule has 0 bridgehead atoms. The Bertz CT molecular complexity index is 788. The smallest absolute Gasteiger partial charge is 0.366 e. The molecule has 2 heterocycles. The molecule has 0 atom stereocenters. The van der Waals surface area contributed by atoms with Gasteiger partial charge in [0.1, 0.15) is 5.69 Å². The predicted molar refractivity (Wildman–Crippen MR) is 71.7 cm³/mol. The number of hydrogen-bond acceptors (Lipinski definition) is 5. The molecule has 0 unspecified atom stereocenters. The number of nitrogens with zero attached hydrogens (tertiary/aromatic N) is 1. The highest BCUT2D eigenvalue weighted by Gasteiger charge is 2.38. The minimum atomic E-state index is -0.984. The maximum atomic E-state index is 12.0. The molecule has 0 spiro atoms. The quantitative estimate of drug-likeness (QED) is 0.798. The van der Waals surface area contributed by atoms with Crippen molar-refractivity contribution in [3.8, 4) is 0 Å². The van der Waals surface area contributed by atoms with Crippen LogP contribution >= 0.6 is 0 Å². The first-order valence-corrected chi connectivity index (χ1v) is 6.17. The lowest BCUT2D eigenvalue weighted by molar-refractivity contribution is -0.0588. The lowest BCUT2D eigenvalue weighted by Gasteiger charge is -2.11. The van der Waals surface area contributed by atoms with Crippen molar-refractivity contribution in [1.29, 1.82) is 0 Å². The molecule has 3 rings (SSSR count). The van der Waals surface area contributed by atoms with Crippen LogP contribution in [0.5, 0.6) is 0 Å². The van der Waals surface area contributed by atoms with Gasteiger partial charge in [-0.1, -0.05) is 17.2 Å². The number of benzene rings is 1. The predicted octanol–water partition coefficient (Wildman–Crippen LogP) is 0.482. The van der Waals surface area contributed by atoms with Crippen LogP contribution in [0.25, 0.3) is 0 Å². The number of nitrogens with two attached hydrogens (primary N) is 1. The van der Waals surface area contributed by atoms with E-state index in [2.05, 4.69) is 4.98 Å². The van der Waals surface area contributed by atoms with Gasteiger partial charge < -0.3 is 15.6 Å². The fourth-order valence-corrected chi connectivity index (χ4v) is 2.04. The fourth-order valence-electron chi connectivity index (χ4n) is 2.04. The van der Waals surface area contributed by atoms with Crippen molar-refractivity contribution >= 4 is 23.7 Å². The van der Waals surface area contributed by atoms with Crippen molar-refractivity contribution in [2.75, 3.05) is 0 Å². The third-order valence-electron chi connectivity index (χ3n) is 3.12. The lowest BCUT2D eigenvalue weighted by Crippen LogP contribution is -2.32. The van der Waals surface area contributed by atoms with Crippen LogP contribution in [0.1, 0.15) is 41.6 Å². The second-order valence-electron chi connectivity index (χ2n) is 4.50. The number of nitrogens with one attached hydrogen (secondary N) is 1. The Morgan fingerprint density at radius 2 is 1.68 bits per heavy atom. The summed E-state index contributed by atoms with van der Waals surface area (Å²) < 4.78 is 0. The fraction of sp³-hybridized carbons (Fsp3) is 0. The van der Waals surface area contributed by atoms with E-state index >= 15 is 0 Å². The van der Waals surface area contributed by atoms with Gasteiger partial charge in [-0.3, -0.25) is 14.4 Å². The van der Waals surface area contributed by atoms with Crippen molar-refractivity contribution in [3.63, 3.8) is 0 Å². The molecule has 8 nitrogen and oxygen atoms in total. The molecule has 3 amide bonds. The maximum absolute atomic E-state index is 12.0. The average molecular weight is 299 g/mol. The molecule has 1 aromatic carbocycles. The van der Waals surface area contributed by atoms with Gasteiger partial charge in [0, 0.05) is 6.20 Å². The summed E-state index contributed by atoms with van der Waals surface area (Å²) in [6.45, 7) is 0. The van der Waals surface area contributed by atoms with Crippen LogP contribution in [0.2, 0.25) is 0 Å². The summed E-state index contributed by atoms with van der Waals surface area (Å²) in [7, 11) is 0. The number of aromatic nitrogens is 1. The number of carbonyl (C=O) groups is 4. The molecule has 2 aromatic rings. The highest BCUT2D eigenvalue weighted by atomic mass is 16.7. The second-order valence-corrected chi connectivity index (χ2v) is 4.50. The minimum absolute atomic E-state index is 0.0781. The van der Waals surface area contributed by atoms with Gasteiger partial charge in [0.05, 0.1) is 16.7 Å². The Hall–Kier alpha value is -3.42. The monoisotopic (exact) mass is 299 g/mol. The van der Waals surface area contributed by atoms with Crippen LogP contribution < -0.4 is 5.73 Å². The number of carbonyl (C=O) groups excluding carboxylic acids is 4. The van der Waals surface area contributed by atoms with Crippen molar-refractivity contribution in [1.82, 2.24) is 10.0 Å². The molecule has 0 aliphatic carbocycles. The van der Waals surface area contributed by atoms with E-state index in [0.717, 1.165) is 0 Å². The summed E-state index contributed by atoms with van der Waals surface area (Å²) in [5.41, 5.74) is 5.35. The summed E-state index contributed by atoms with van der Waals surface area (Å²) in [6.07, 6.45) is 1.22. The van der Waals surface area contributed by atoms with Crippen LogP contribution in [0.3, 0.4) is 0 Å². The van der Waals surface area contributed by atoms with E-state index in [4.69, 9.17) is 10.6 Å². The van der Waals surface area contributed by atoms with Crippen molar-refractivity contribution < 1.29 is 24.0 Å². The molecule has 110 valence electrons. The summed E-state index contributed by atoms with van der Waals surface area (Å²) in [5.74, 6) is -3.16. The molecular weight excluding hydrogens is 290 g/mol. The standard InChI is InChI=1S/C14H9N3O5/c15-11(18)7-5-10(16-6-7)14(21)22-17-12(19)8-3-1-2-4-9(8)13(17)20/h1-6,16H,(H2,15,18). The molecule has 22 heavy (non-hydrogen) atoms. The molecule has 3 N–H and O–H groups in total. The Morgan fingerprint density at radius 1 is 1.09 bits per heavy atom. The van der Waals surface area contributed by atoms with Gasteiger partial charge in [-0.25, -0.2) is 4.79 Å². The Labute approximate surface area is 123 Å². The zero-order valence-corrected chi connectivity index (χ0v) is 11.0. The first-order valence-electron chi connectivity index (χ1n) is 6.17. The summed E-state index contributed by atoms with van der Waals surface area (Å²) in [4.78, 5) is 54.3. The summed E-state index contributed by atoms with van der Waals surface area (Å²) in [5, 5.41) is 0.387.